The quantitative estimate of drug-likeness (QED) is 0.835. The third-order valence-electron chi connectivity index (χ3n) is 4.48. The number of aromatic nitrogens is 2. The first-order valence-corrected chi connectivity index (χ1v) is 7.58. The Hall–Kier alpha value is -0.580. The van der Waals surface area contributed by atoms with Crippen molar-refractivity contribution in [3.63, 3.8) is 0 Å². The van der Waals surface area contributed by atoms with Crippen LogP contribution < -0.4 is 0 Å². The van der Waals surface area contributed by atoms with Gasteiger partial charge in [0.1, 0.15) is 5.15 Å². The summed E-state index contributed by atoms with van der Waals surface area (Å²) >= 11 is 6.35. The zero-order valence-corrected chi connectivity index (χ0v) is 12.5. The molecule has 0 amide bonds. The van der Waals surface area contributed by atoms with Gasteiger partial charge in [-0.2, -0.15) is 5.10 Å². The number of aryl methyl sites for hydroxylation is 2. The van der Waals surface area contributed by atoms with E-state index < -0.39 is 0 Å². The van der Waals surface area contributed by atoms with E-state index in [0.29, 0.717) is 12.1 Å². The van der Waals surface area contributed by atoms with Crippen molar-refractivity contribution < 1.29 is 4.74 Å². The third-order valence-corrected chi connectivity index (χ3v) is 4.95. The molecule has 2 heterocycles. The summed E-state index contributed by atoms with van der Waals surface area (Å²) < 4.78 is 7.69. The molecule has 3 rings (SSSR count). The molecule has 4 nitrogen and oxygen atoms in total. The number of rotatable bonds is 2. The van der Waals surface area contributed by atoms with Gasteiger partial charge < -0.3 is 4.74 Å². The van der Waals surface area contributed by atoms with E-state index in [1.54, 1.807) is 4.68 Å². The predicted molar refractivity (Wildman–Crippen MR) is 75.4 cm³/mol. The highest BCUT2D eigenvalue weighted by atomic mass is 35.5. The molecule has 1 aromatic rings. The summed E-state index contributed by atoms with van der Waals surface area (Å²) in [7, 11) is 1.90. The van der Waals surface area contributed by atoms with Crippen LogP contribution in [0.4, 0.5) is 0 Å². The first-order valence-electron chi connectivity index (χ1n) is 7.20. The molecule has 1 aliphatic heterocycles. The Morgan fingerprint density at radius 3 is 2.89 bits per heavy atom. The summed E-state index contributed by atoms with van der Waals surface area (Å²) in [6.45, 7) is 4.80. The minimum absolute atomic E-state index is 0.429. The molecule has 0 aromatic carbocycles. The van der Waals surface area contributed by atoms with Gasteiger partial charge in [-0.3, -0.25) is 9.58 Å². The largest absolute Gasteiger partial charge is 0.375 e. The minimum Gasteiger partial charge on any atom is -0.375 e. The van der Waals surface area contributed by atoms with Crippen molar-refractivity contribution in [3.8, 4) is 0 Å². The molecular formula is C14H22ClN3O. The molecule has 1 saturated heterocycles. The number of halogens is 1. The lowest BCUT2D eigenvalue weighted by atomic mass is 9.90. The number of morpholine rings is 1. The van der Waals surface area contributed by atoms with Gasteiger partial charge in [0.15, 0.2) is 0 Å². The van der Waals surface area contributed by atoms with E-state index in [-0.39, 0.29) is 0 Å². The Labute approximate surface area is 119 Å². The Balaban J connectivity index is 1.77. The van der Waals surface area contributed by atoms with Crippen molar-refractivity contribution in [1.29, 1.82) is 0 Å². The summed E-state index contributed by atoms with van der Waals surface area (Å²) in [4.78, 5) is 2.54. The van der Waals surface area contributed by atoms with Gasteiger partial charge in [0, 0.05) is 31.7 Å². The van der Waals surface area contributed by atoms with Crippen LogP contribution in [0, 0.1) is 6.92 Å². The summed E-state index contributed by atoms with van der Waals surface area (Å²) in [6, 6.07) is 0.568. The van der Waals surface area contributed by atoms with E-state index in [1.165, 1.54) is 31.2 Å². The van der Waals surface area contributed by atoms with E-state index in [9.17, 15) is 0 Å². The van der Waals surface area contributed by atoms with Crippen LogP contribution in [0.15, 0.2) is 0 Å². The maximum absolute atomic E-state index is 6.35. The highest BCUT2D eigenvalue weighted by molar-refractivity contribution is 6.30. The van der Waals surface area contributed by atoms with Gasteiger partial charge in [-0.15, -0.1) is 0 Å². The number of nitrogens with zero attached hydrogens (tertiary/aromatic N) is 3. The van der Waals surface area contributed by atoms with Gasteiger partial charge in [0.2, 0.25) is 0 Å². The lowest BCUT2D eigenvalue weighted by Crippen LogP contribution is -2.52. The maximum Gasteiger partial charge on any atom is 0.131 e. The average Bonchev–Trinajstić information content (AvgIpc) is 2.66. The molecule has 1 aliphatic carbocycles. The standard InChI is InChI=1S/C14H22ClN3O/c1-10-11(14(15)17(2)16-10)9-18-7-8-19-13-6-4-3-5-12(13)18/h12-13H,3-9H2,1-2H3. The zero-order valence-electron chi connectivity index (χ0n) is 11.7. The first kappa shape index (κ1) is 13.4. The van der Waals surface area contributed by atoms with E-state index in [4.69, 9.17) is 16.3 Å². The van der Waals surface area contributed by atoms with E-state index >= 15 is 0 Å². The molecule has 2 aliphatic rings. The average molecular weight is 284 g/mol. The van der Waals surface area contributed by atoms with Crippen LogP contribution in [0.1, 0.15) is 36.9 Å². The predicted octanol–water partition coefficient (Wildman–Crippen LogP) is 2.53. The van der Waals surface area contributed by atoms with Crippen LogP contribution in [-0.4, -0.2) is 40.0 Å². The zero-order chi connectivity index (χ0) is 13.4. The number of fused-ring (bicyclic) bond motifs is 1. The smallest absolute Gasteiger partial charge is 0.131 e. The topological polar surface area (TPSA) is 30.3 Å². The Morgan fingerprint density at radius 1 is 1.37 bits per heavy atom. The van der Waals surface area contributed by atoms with Gasteiger partial charge in [-0.1, -0.05) is 24.4 Å². The van der Waals surface area contributed by atoms with Gasteiger partial charge in [-0.05, 0) is 19.8 Å². The molecule has 1 saturated carbocycles. The van der Waals surface area contributed by atoms with Crippen molar-refractivity contribution in [2.75, 3.05) is 13.2 Å². The lowest BCUT2D eigenvalue weighted by molar-refractivity contribution is -0.0911. The van der Waals surface area contributed by atoms with Gasteiger partial charge in [0.05, 0.1) is 18.4 Å². The number of hydrogen-bond acceptors (Lipinski definition) is 3. The second kappa shape index (κ2) is 5.43. The Bertz CT molecular complexity index is 458. The fourth-order valence-electron chi connectivity index (χ4n) is 3.43. The van der Waals surface area contributed by atoms with Gasteiger partial charge in [0.25, 0.3) is 0 Å². The number of hydrogen-bond donors (Lipinski definition) is 0. The summed E-state index contributed by atoms with van der Waals surface area (Å²) in [5.74, 6) is 0. The van der Waals surface area contributed by atoms with Crippen LogP contribution in [-0.2, 0) is 18.3 Å². The summed E-state index contributed by atoms with van der Waals surface area (Å²) in [5, 5.41) is 5.18. The molecule has 2 fully saturated rings. The highest BCUT2D eigenvalue weighted by Gasteiger charge is 2.34. The monoisotopic (exact) mass is 283 g/mol. The molecule has 106 valence electrons. The van der Waals surface area contributed by atoms with Crippen molar-refractivity contribution in [2.45, 2.75) is 51.3 Å². The molecule has 0 radical (unpaired) electrons. The molecule has 5 heteroatoms. The van der Waals surface area contributed by atoms with Crippen LogP contribution in [0.2, 0.25) is 5.15 Å². The fourth-order valence-corrected chi connectivity index (χ4v) is 3.66. The molecule has 2 unspecified atom stereocenters. The van der Waals surface area contributed by atoms with Gasteiger partial charge >= 0.3 is 0 Å². The molecular weight excluding hydrogens is 262 g/mol. The Kier molecular flexibility index (Phi) is 3.83. The second-order valence-corrected chi connectivity index (χ2v) is 6.07. The number of ether oxygens (including phenoxy) is 1. The van der Waals surface area contributed by atoms with Crippen LogP contribution in [0.3, 0.4) is 0 Å². The molecule has 0 bridgehead atoms. The van der Waals surface area contributed by atoms with E-state index in [2.05, 4.69) is 10.00 Å². The van der Waals surface area contributed by atoms with Crippen molar-refractivity contribution >= 4 is 11.6 Å². The molecule has 19 heavy (non-hydrogen) atoms. The SMILES string of the molecule is Cc1nn(C)c(Cl)c1CN1CCOC2CCCCC21. The minimum atomic E-state index is 0.429. The Morgan fingerprint density at radius 2 is 2.16 bits per heavy atom. The maximum atomic E-state index is 6.35. The van der Waals surface area contributed by atoms with E-state index in [1.807, 2.05) is 14.0 Å². The molecule has 0 N–H and O–H groups in total. The third kappa shape index (κ3) is 2.54. The molecule has 1 aromatic heterocycles. The van der Waals surface area contributed by atoms with Crippen LogP contribution >= 0.6 is 11.6 Å². The van der Waals surface area contributed by atoms with E-state index in [0.717, 1.165) is 30.5 Å². The normalized spacial score (nSPS) is 28.4. The van der Waals surface area contributed by atoms with Crippen LogP contribution in [0.5, 0.6) is 0 Å². The van der Waals surface area contributed by atoms with Gasteiger partial charge in [-0.25, -0.2) is 0 Å². The molecule has 2 atom stereocenters. The lowest BCUT2D eigenvalue weighted by Gasteiger charge is -2.43. The van der Waals surface area contributed by atoms with Crippen molar-refractivity contribution in [1.82, 2.24) is 14.7 Å². The van der Waals surface area contributed by atoms with Crippen LogP contribution in [0.25, 0.3) is 0 Å². The van der Waals surface area contributed by atoms with Crippen molar-refractivity contribution in [2.24, 2.45) is 7.05 Å². The molecule has 0 spiro atoms. The fraction of sp³-hybridized carbons (Fsp3) is 0.786. The summed E-state index contributed by atoms with van der Waals surface area (Å²) in [6.07, 6.45) is 5.52. The highest BCUT2D eigenvalue weighted by Crippen LogP contribution is 2.31. The summed E-state index contributed by atoms with van der Waals surface area (Å²) in [5.41, 5.74) is 2.22. The second-order valence-electron chi connectivity index (χ2n) is 5.71. The van der Waals surface area contributed by atoms with Crippen molar-refractivity contribution in [3.05, 3.63) is 16.4 Å². The first-order chi connectivity index (χ1) is 9.16.